The lowest BCUT2D eigenvalue weighted by molar-refractivity contribution is 0.242. The molecule has 1 aromatic heterocycles. The lowest BCUT2D eigenvalue weighted by atomic mass is 10.2. The van der Waals surface area contributed by atoms with Gasteiger partial charge in [-0.3, -0.25) is 4.98 Å². The monoisotopic (exact) mass is 301 g/mol. The number of aromatic nitrogens is 1. The summed E-state index contributed by atoms with van der Waals surface area (Å²) in [5.74, 6) is 0.879. The van der Waals surface area contributed by atoms with Gasteiger partial charge in [0.15, 0.2) is 5.11 Å². The zero-order valence-corrected chi connectivity index (χ0v) is 13.0. The summed E-state index contributed by atoms with van der Waals surface area (Å²) in [6, 6.07) is 11.8. The first-order valence-electron chi connectivity index (χ1n) is 6.84. The molecule has 2 aromatic rings. The van der Waals surface area contributed by atoms with Crippen LogP contribution in [0.4, 0.5) is 5.69 Å². The third-order valence-corrected chi connectivity index (χ3v) is 2.91. The van der Waals surface area contributed by atoms with Gasteiger partial charge in [-0.2, -0.15) is 0 Å². The number of hydrogen-bond acceptors (Lipinski definition) is 3. The highest BCUT2D eigenvalue weighted by Crippen LogP contribution is 2.13. The van der Waals surface area contributed by atoms with Crippen molar-refractivity contribution in [2.24, 2.45) is 0 Å². The molecule has 0 saturated heterocycles. The smallest absolute Gasteiger partial charge is 0.171 e. The number of benzene rings is 1. The van der Waals surface area contributed by atoms with Gasteiger partial charge in [0.05, 0.1) is 18.0 Å². The second-order valence-corrected chi connectivity index (χ2v) is 5.27. The Balaban J connectivity index is 1.81. The van der Waals surface area contributed by atoms with Crippen molar-refractivity contribution >= 4 is 23.0 Å². The van der Waals surface area contributed by atoms with Gasteiger partial charge in [-0.1, -0.05) is 12.1 Å². The first kappa shape index (κ1) is 15.3. The number of pyridine rings is 1. The maximum Gasteiger partial charge on any atom is 0.171 e. The molecule has 2 N–H and O–H groups in total. The highest BCUT2D eigenvalue weighted by Gasteiger charge is 2.00. The minimum Gasteiger partial charge on any atom is -0.491 e. The molecule has 0 atom stereocenters. The second kappa shape index (κ2) is 7.59. The van der Waals surface area contributed by atoms with Gasteiger partial charge in [-0.15, -0.1) is 0 Å². The number of thiocarbonyl (C=S) groups is 1. The minimum absolute atomic E-state index is 0.185. The van der Waals surface area contributed by atoms with Crippen molar-refractivity contribution in [1.29, 1.82) is 0 Å². The zero-order valence-electron chi connectivity index (χ0n) is 12.2. The summed E-state index contributed by atoms with van der Waals surface area (Å²) < 4.78 is 5.61. The van der Waals surface area contributed by atoms with Crippen LogP contribution in [-0.4, -0.2) is 16.2 Å². The molecular formula is C16H19N3OS. The van der Waals surface area contributed by atoms with Crippen LogP contribution >= 0.6 is 12.2 Å². The Bertz CT molecular complexity index is 570. The standard InChI is InChI=1S/C16H19N3OS/c1-12(2)20-15-7-5-13(6-8-15)10-18-16(21)19-14-4-3-9-17-11-14/h3-9,11-12H,10H2,1-2H3,(H2,18,19,21). The quantitative estimate of drug-likeness (QED) is 0.829. The van der Waals surface area contributed by atoms with Gasteiger partial charge in [0.2, 0.25) is 0 Å². The summed E-state index contributed by atoms with van der Waals surface area (Å²) in [5, 5.41) is 6.82. The van der Waals surface area contributed by atoms with Crippen molar-refractivity contribution in [3.8, 4) is 5.75 Å². The van der Waals surface area contributed by atoms with E-state index in [1.807, 2.05) is 50.2 Å². The van der Waals surface area contributed by atoms with Gasteiger partial charge in [0.1, 0.15) is 5.75 Å². The fraction of sp³-hybridized carbons (Fsp3) is 0.250. The van der Waals surface area contributed by atoms with Crippen molar-refractivity contribution in [2.45, 2.75) is 26.5 Å². The Morgan fingerprint density at radius 3 is 2.62 bits per heavy atom. The molecule has 0 radical (unpaired) electrons. The molecule has 0 aliphatic carbocycles. The predicted octanol–water partition coefficient (Wildman–Crippen LogP) is 3.36. The van der Waals surface area contributed by atoms with Gasteiger partial charge < -0.3 is 15.4 Å². The van der Waals surface area contributed by atoms with E-state index in [-0.39, 0.29) is 6.10 Å². The molecule has 0 spiro atoms. The lowest BCUT2D eigenvalue weighted by Gasteiger charge is -2.12. The fourth-order valence-electron chi connectivity index (χ4n) is 1.75. The zero-order chi connectivity index (χ0) is 15.1. The molecule has 1 heterocycles. The molecule has 0 amide bonds. The van der Waals surface area contributed by atoms with Crippen LogP contribution in [0, 0.1) is 0 Å². The van der Waals surface area contributed by atoms with Crippen LogP contribution < -0.4 is 15.4 Å². The van der Waals surface area contributed by atoms with E-state index in [1.54, 1.807) is 12.4 Å². The van der Waals surface area contributed by atoms with E-state index in [0.29, 0.717) is 11.7 Å². The van der Waals surface area contributed by atoms with E-state index in [9.17, 15) is 0 Å². The number of nitrogens with zero attached hydrogens (tertiary/aromatic N) is 1. The van der Waals surface area contributed by atoms with E-state index in [2.05, 4.69) is 15.6 Å². The van der Waals surface area contributed by atoms with Gasteiger partial charge in [0, 0.05) is 12.7 Å². The van der Waals surface area contributed by atoms with Gasteiger partial charge in [-0.25, -0.2) is 0 Å². The first-order chi connectivity index (χ1) is 10.1. The summed E-state index contributed by atoms with van der Waals surface area (Å²) in [6.45, 7) is 4.68. The van der Waals surface area contributed by atoms with Crippen LogP contribution in [0.3, 0.4) is 0 Å². The van der Waals surface area contributed by atoms with Crippen LogP contribution in [0.1, 0.15) is 19.4 Å². The maximum atomic E-state index is 5.61. The van der Waals surface area contributed by atoms with Gasteiger partial charge in [0.25, 0.3) is 0 Å². The average Bonchev–Trinajstić information content (AvgIpc) is 2.47. The molecule has 4 nitrogen and oxygen atoms in total. The molecule has 1 aromatic carbocycles. The van der Waals surface area contributed by atoms with Crippen LogP contribution in [0.25, 0.3) is 0 Å². The summed E-state index contributed by atoms with van der Waals surface area (Å²) in [5.41, 5.74) is 2.01. The van der Waals surface area contributed by atoms with Crippen molar-refractivity contribution in [1.82, 2.24) is 10.3 Å². The van der Waals surface area contributed by atoms with Gasteiger partial charge in [-0.05, 0) is 55.9 Å². The van der Waals surface area contributed by atoms with E-state index in [0.717, 1.165) is 17.0 Å². The molecule has 2 rings (SSSR count). The molecule has 0 unspecified atom stereocenters. The van der Waals surface area contributed by atoms with Crippen LogP contribution in [0.2, 0.25) is 0 Å². The second-order valence-electron chi connectivity index (χ2n) is 4.86. The van der Waals surface area contributed by atoms with E-state index < -0.39 is 0 Å². The minimum atomic E-state index is 0.185. The maximum absolute atomic E-state index is 5.61. The molecule has 0 saturated carbocycles. The fourth-order valence-corrected chi connectivity index (χ4v) is 1.94. The van der Waals surface area contributed by atoms with Crippen molar-refractivity contribution in [2.75, 3.05) is 5.32 Å². The van der Waals surface area contributed by atoms with E-state index >= 15 is 0 Å². The number of hydrogen-bond donors (Lipinski definition) is 2. The SMILES string of the molecule is CC(C)Oc1ccc(CNC(=S)Nc2cccnc2)cc1. The Morgan fingerprint density at radius 2 is 2.00 bits per heavy atom. The first-order valence-corrected chi connectivity index (χ1v) is 7.25. The summed E-state index contributed by atoms with van der Waals surface area (Å²) in [4.78, 5) is 4.03. The van der Waals surface area contributed by atoms with E-state index in [4.69, 9.17) is 17.0 Å². The number of rotatable bonds is 5. The highest BCUT2D eigenvalue weighted by atomic mass is 32.1. The molecule has 0 aliphatic rings. The largest absolute Gasteiger partial charge is 0.491 e. The Labute approximate surface area is 130 Å². The van der Waals surface area contributed by atoms with Crippen LogP contribution in [0.15, 0.2) is 48.8 Å². The number of nitrogens with one attached hydrogen (secondary N) is 2. The number of anilines is 1. The highest BCUT2D eigenvalue weighted by molar-refractivity contribution is 7.80. The predicted molar refractivity (Wildman–Crippen MR) is 89.5 cm³/mol. The van der Waals surface area contributed by atoms with Crippen molar-refractivity contribution in [3.05, 3.63) is 54.4 Å². The Morgan fingerprint density at radius 1 is 1.24 bits per heavy atom. The van der Waals surface area contributed by atoms with Gasteiger partial charge >= 0.3 is 0 Å². The Hall–Kier alpha value is -2.14. The average molecular weight is 301 g/mol. The van der Waals surface area contributed by atoms with Crippen molar-refractivity contribution in [3.63, 3.8) is 0 Å². The molecule has 5 heteroatoms. The third kappa shape index (κ3) is 5.39. The summed E-state index contributed by atoms with van der Waals surface area (Å²) in [7, 11) is 0. The Kier molecular flexibility index (Phi) is 5.51. The number of ether oxygens (including phenoxy) is 1. The lowest BCUT2D eigenvalue weighted by Crippen LogP contribution is -2.27. The topological polar surface area (TPSA) is 46.2 Å². The van der Waals surface area contributed by atoms with E-state index in [1.165, 1.54) is 0 Å². The molecule has 0 fully saturated rings. The third-order valence-electron chi connectivity index (χ3n) is 2.67. The van der Waals surface area contributed by atoms with Crippen molar-refractivity contribution < 1.29 is 4.74 Å². The summed E-state index contributed by atoms with van der Waals surface area (Å²) >= 11 is 5.24. The molecule has 0 aliphatic heterocycles. The normalized spacial score (nSPS) is 10.2. The molecular weight excluding hydrogens is 282 g/mol. The molecule has 21 heavy (non-hydrogen) atoms. The molecule has 0 bridgehead atoms. The molecule has 110 valence electrons. The van der Waals surface area contributed by atoms with Crippen LogP contribution in [-0.2, 0) is 6.54 Å². The summed E-state index contributed by atoms with van der Waals surface area (Å²) in [6.07, 6.45) is 3.64. The van der Waals surface area contributed by atoms with Crippen LogP contribution in [0.5, 0.6) is 5.75 Å².